The highest BCUT2D eigenvalue weighted by molar-refractivity contribution is 6.30. The van der Waals surface area contributed by atoms with Crippen LogP contribution in [0.1, 0.15) is 5.56 Å². The monoisotopic (exact) mass is 242 g/mol. The van der Waals surface area contributed by atoms with Crippen molar-refractivity contribution in [2.75, 3.05) is 19.8 Å². The van der Waals surface area contributed by atoms with E-state index in [-0.39, 0.29) is 6.61 Å². The van der Waals surface area contributed by atoms with Crippen molar-refractivity contribution < 1.29 is 9.53 Å². The van der Waals surface area contributed by atoms with E-state index in [1.165, 1.54) is 0 Å². The summed E-state index contributed by atoms with van der Waals surface area (Å²) in [6.07, 6.45) is 0. The molecule has 4 nitrogen and oxygen atoms in total. The number of halogens is 1. The molecule has 0 atom stereocenters. The molecule has 0 saturated carbocycles. The fourth-order valence-corrected chi connectivity index (χ4v) is 1.28. The summed E-state index contributed by atoms with van der Waals surface area (Å²) in [7, 11) is 0. The molecule has 0 bridgehead atoms. The second-order valence-corrected chi connectivity index (χ2v) is 3.76. The normalized spacial score (nSPS) is 10.3. The van der Waals surface area contributed by atoms with Crippen LogP contribution in [0, 0.1) is 0 Å². The van der Waals surface area contributed by atoms with Crippen molar-refractivity contribution in [3.05, 3.63) is 34.9 Å². The van der Waals surface area contributed by atoms with Crippen molar-refractivity contribution in [2.24, 2.45) is 5.73 Å². The van der Waals surface area contributed by atoms with Crippen LogP contribution in [0.2, 0.25) is 5.02 Å². The van der Waals surface area contributed by atoms with Gasteiger partial charge in [0, 0.05) is 18.1 Å². The van der Waals surface area contributed by atoms with Crippen LogP contribution in [0.4, 0.5) is 0 Å². The summed E-state index contributed by atoms with van der Waals surface area (Å²) >= 11 is 5.76. The lowest BCUT2D eigenvalue weighted by molar-refractivity contribution is -0.122. The van der Waals surface area contributed by atoms with Gasteiger partial charge in [0.15, 0.2) is 0 Å². The number of rotatable bonds is 7. The lowest BCUT2D eigenvalue weighted by Gasteiger charge is -2.05. The van der Waals surface area contributed by atoms with Crippen LogP contribution in [0.25, 0.3) is 0 Å². The average molecular weight is 243 g/mol. The topological polar surface area (TPSA) is 64.4 Å². The molecular weight excluding hydrogens is 228 g/mol. The van der Waals surface area contributed by atoms with Crippen molar-refractivity contribution in [2.45, 2.75) is 6.54 Å². The molecule has 0 heterocycles. The third kappa shape index (κ3) is 5.70. The molecule has 1 amide bonds. The molecule has 0 aliphatic carbocycles. The van der Waals surface area contributed by atoms with Crippen LogP contribution >= 0.6 is 11.6 Å². The molecule has 0 unspecified atom stereocenters. The molecule has 0 aromatic heterocycles. The number of carbonyl (C=O) groups is 1. The summed E-state index contributed by atoms with van der Waals surface area (Å²) in [6, 6.07) is 7.61. The maximum absolute atomic E-state index is 10.3. The van der Waals surface area contributed by atoms with E-state index in [0.29, 0.717) is 13.2 Å². The smallest absolute Gasteiger partial charge is 0.243 e. The van der Waals surface area contributed by atoms with Gasteiger partial charge in [-0.15, -0.1) is 0 Å². The van der Waals surface area contributed by atoms with Crippen LogP contribution in [0.5, 0.6) is 0 Å². The molecule has 0 aliphatic rings. The first-order chi connectivity index (χ1) is 7.68. The number of hydrogen-bond acceptors (Lipinski definition) is 3. The number of benzene rings is 1. The highest BCUT2D eigenvalue weighted by Gasteiger charge is 1.95. The van der Waals surface area contributed by atoms with E-state index in [1.807, 2.05) is 24.3 Å². The Morgan fingerprint density at radius 2 is 2.06 bits per heavy atom. The fraction of sp³-hybridized carbons (Fsp3) is 0.364. The molecule has 3 N–H and O–H groups in total. The standard InChI is InChI=1S/C11H15ClN2O2/c12-10-3-1-9(2-4-10)7-14-5-6-16-8-11(13)15/h1-4,14H,5-8H2,(H2,13,15). The van der Waals surface area contributed by atoms with Gasteiger partial charge in [0.2, 0.25) is 5.91 Å². The summed E-state index contributed by atoms with van der Waals surface area (Å²) < 4.78 is 4.99. The molecular formula is C11H15ClN2O2. The average Bonchev–Trinajstić information content (AvgIpc) is 2.25. The van der Waals surface area contributed by atoms with Crippen LogP contribution in [-0.4, -0.2) is 25.7 Å². The molecule has 88 valence electrons. The minimum atomic E-state index is -0.447. The summed E-state index contributed by atoms with van der Waals surface area (Å²) in [5, 5.41) is 3.90. The van der Waals surface area contributed by atoms with Crippen molar-refractivity contribution >= 4 is 17.5 Å². The number of amides is 1. The zero-order chi connectivity index (χ0) is 11.8. The molecule has 0 aliphatic heterocycles. The minimum absolute atomic E-state index is 0.0252. The number of hydrogen-bond donors (Lipinski definition) is 2. The van der Waals surface area contributed by atoms with E-state index in [9.17, 15) is 4.79 Å². The van der Waals surface area contributed by atoms with Crippen LogP contribution in [0.3, 0.4) is 0 Å². The second kappa shape index (κ2) is 7.22. The van der Waals surface area contributed by atoms with Crippen molar-refractivity contribution in [1.82, 2.24) is 5.32 Å². The Balaban J connectivity index is 2.07. The van der Waals surface area contributed by atoms with Gasteiger partial charge in [0.05, 0.1) is 6.61 Å². The third-order valence-electron chi connectivity index (χ3n) is 1.91. The van der Waals surface area contributed by atoms with Gasteiger partial charge < -0.3 is 15.8 Å². The van der Waals surface area contributed by atoms with E-state index in [2.05, 4.69) is 5.32 Å². The molecule has 0 fully saturated rings. The first-order valence-electron chi connectivity index (χ1n) is 4.99. The van der Waals surface area contributed by atoms with E-state index in [1.54, 1.807) is 0 Å². The van der Waals surface area contributed by atoms with Crippen LogP contribution in [0.15, 0.2) is 24.3 Å². The Morgan fingerprint density at radius 1 is 1.38 bits per heavy atom. The first-order valence-corrected chi connectivity index (χ1v) is 5.37. The maximum atomic E-state index is 10.3. The van der Waals surface area contributed by atoms with Crippen LogP contribution < -0.4 is 11.1 Å². The summed E-state index contributed by atoms with van der Waals surface area (Å²) in [5.41, 5.74) is 6.07. The van der Waals surface area contributed by atoms with E-state index < -0.39 is 5.91 Å². The molecule has 0 saturated heterocycles. The Kier molecular flexibility index (Phi) is 5.85. The van der Waals surface area contributed by atoms with Gasteiger partial charge >= 0.3 is 0 Å². The van der Waals surface area contributed by atoms with Gasteiger partial charge in [-0.1, -0.05) is 23.7 Å². The summed E-state index contributed by atoms with van der Waals surface area (Å²) in [5.74, 6) is -0.447. The molecule has 0 spiro atoms. The first kappa shape index (κ1) is 13.0. The molecule has 1 aromatic carbocycles. The van der Waals surface area contributed by atoms with Crippen LogP contribution in [-0.2, 0) is 16.1 Å². The summed E-state index contributed by atoms with van der Waals surface area (Å²) in [4.78, 5) is 10.3. The van der Waals surface area contributed by atoms with Gasteiger partial charge in [-0.05, 0) is 17.7 Å². The van der Waals surface area contributed by atoms with Gasteiger partial charge in [0.1, 0.15) is 6.61 Å². The lowest BCUT2D eigenvalue weighted by atomic mass is 10.2. The quantitative estimate of drug-likeness (QED) is 0.700. The number of ether oxygens (including phenoxy) is 1. The Hall–Kier alpha value is -1.10. The van der Waals surface area contributed by atoms with Gasteiger partial charge in [0.25, 0.3) is 0 Å². The third-order valence-corrected chi connectivity index (χ3v) is 2.16. The predicted octanol–water partition coefficient (Wildman–Crippen LogP) is 0.931. The van der Waals surface area contributed by atoms with Crippen molar-refractivity contribution in [3.63, 3.8) is 0 Å². The number of primary amides is 1. The maximum Gasteiger partial charge on any atom is 0.243 e. The lowest BCUT2D eigenvalue weighted by Crippen LogP contribution is -2.23. The SMILES string of the molecule is NC(=O)COCCNCc1ccc(Cl)cc1. The predicted molar refractivity (Wildman–Crippen MR) is 63.2 cm³/mol. The van der Waals surface area contributed by atoms with Crippen molar-refractivity contribution in [3.8, 4) is 0 Å². The Labute approximate surface area is 99.7 Å². The van der Waals surface area contributed by atoms with Gasteiger partial charge in [-0.3, -0.25) is 4.79 Å². The zero-order valence-electron chi connectivity index (χ0n) is 8.91. The van der Waals surface area contributed by atoms with Gasteiger partial charge in [-0.2, -0.15) is 0 Å². The van der Waals surface area contributed by atoms with Gasteiger partial charge in [-0.25, -0.2) is 0 Å². The highest BCUT2D eigenvalue weighted by Crippen LogP contribution is 2.08. The fourth-order valence-electron chi connectivity index (χ4n) is 1.15. The zero-order valence-corrected chi connectivity index (χ0v) is 9.67. The highest BCUT2D eigenvalue weighted by atomic mass is 35.5. The second-order valence-electron chi connectivity index (χ2n) is 3.32. The number of carbonyl (C=O) groups excluding carboxylic acids is 1. The Bertz CT molecular complexity index is 327. The van der Waals surface area contributed by atoms with E-state index in [4.69, 9.17) is 22.1 Å². The molecule has 1 aromatic rings. The molecule has 16 heavy (non-hydrogen) atoms. The molecule has 0 radical (unpaired) electrons. The Morgan fingerprint density at radius 3 is 2.69 bits per heavy atom. The number of nitrogens with one attached hydrogen (secondary N) is 1. The number of nitrogens with two attached hydrogens (primary N) is 1. The van der Waals surface area contributed by atoms with Crippen molar-refractivity contribution in [1.29, 1.82) is 0 Å². The van der Waals surface area contributed by atoms with E-state index in [0.717, 1.165) is 17.1 Å². The minimum Gasteiger partial charge on any atom is -0.370 e. The summed E-state index contributed by atoms with van der Waals surface area (Å²) in [6.45, 7) is 1.87. The largest absolute Gasteiger partial charge is 0.370 e. The van der Waals surface area contributed by atoms with E-state index >= 15 is 0 Å². The molecule has 5 heteroatoms. The molecule has 1 rings (SSSR count).